The molecule has 1 fully saturated rings. The van der Waals surface area contributed by atoms with E-state index in [1.54, 1.807) is 0 Å². The van der Waals surface area contributed by atoms with Gasteiger partial charge in [-0.15, -0.1) is 0 Å². The van der Waals surface area contributed by atoms with Crippen LogP contribution in [0, 0.1) is 5.92 Å². The number of nitrogens with zero attached hydrogens (tertiary/aromatic N) is 1. The molecule has 1 aromatic rings. The van der Waals surface area contributed by atoms with Crippen molar-refractivity contribution in [3.05, 3.63) is 11.8 Å². The average molecular weight is 287 g/mol. The van der Waals surface area contributed by atoms with Gasteiger partial charge in [0.15, 0.2) is 5.03 Å². The average Bonchev–Trinajstić information content (AvgIpc) is 2.89. The number of hydrogen-bond donors (Lipinski definition) is 3. The lowest BCUT2D eigenvalue weighted by molar-refractivity contribution is 0.278. The standard InChI is InChI=1S/C12H21N3O3S/c16-9-11-8-13-15-12(11)19(17,18)14-7-6-10-4-2-1-3-5-10/h8,10,14,16H,1-7,9H2,(H,13,15). The molecule has 1 aromatic heterocycles. The Balaban J connectivity index is 1.87. The smallest absolute Gasteiger partial charge is 0.257 e. The second kappa shape index (κ2) is 6.49. The molecule has 6 nitrogen and oxygen atoms in total. The second-order valence-corrected chi connectivity index (χ2v) is 6.78. The molecule has 0 saturated heterocycles. The number of aromatic amines is 1. The van der Waals surface area contributed by atoms with Crippen LogP contribution in [-0.2, 0) is 16.6 Å². The van der Waals surface area contributed by atoms with Crippen LogP contribution in [0.1, 0.15) is 44.1 Å². The highest BCUT2D eigenvalue weighted by molar-refractivity contribution is 7.89. The minimum atomic E-state index is -3.59. The second-order valence-electron chi connectivity index (χ2n) is 5.07. The predicted molar refractivity (Wildman–Crippen MR) is 70.9 cm³/mol. The molecule has 0 aliphatic heterocycles. The van der Waals surface area contributed by atoms with E-state index in [4.69, 9.17) is 5.11 Å². The van der Waals surface area contributed by atoms with Crippen molar-refractivity contribution in [2.45, 2.75) is 50.2 Å². The summed E-state index contributed by atoms with van der Waals surface area (Å²) >= 11 is 0. The summed E-state index contributed by atoms with van der Waals surface area (Å²) in [6.45, 7) is 0.103. The Bertz CT molecular complexity index is 492. The van der Waals surface area contributed by atoms with Crippen LogP contribution in [-0.4, -0.2) is 30.3 Å². The number of hydrogen-bond acceptors (Lipinski definition) is 4. The van der Waals surface area contributed by atoms with E-state index in [2.05, 4.69) is 14.9 Å². The van der Waals surface area contributed by atoms with Crippen molar-refractivity contribution in [1.29, 1.82) is 0 Å². The molecule has 0 unspecified atom stereocenters. The van der Waals surface area contributed by atoms with Crippen molar-refractivity contribution < 1.29 is 13.5 Å². The molecule has 0 radical (unpaired) electrons. The van der Waals surface area contributed by atoms with Crippen LogP contribution >= 0.6 is 0 Å². The Hall–Kier alpha value is -0.920. The minimum Gasteiger partial charge on any atom is -0.392 e. The summed E-state index contributed by atoms with van der Waals surface area (Å²) in [5.41, 5.74) is 0.296. The molecule has 0 bridgehead atoms. The first kappa shape index (κ1) is 14.5. The topological polar surface area (TPSA) is 95.1 Å². The third-order valence-corrected chi connectivity index (χ3v) is 5.16. The summed E-state index contributed by atoms with van der Waals surface area (Å²) in [5, 5.41) is 15.1. The number of sulfonamides is 1. The Kier molecular flexibility index (Phi) is 4.95. The lowest BCUT2D eigenvalue weighted by atomic mass is 9.87. The lowest BCUT2D eigenvalue weighted by Crippen LogP contribution is -2.27. The number of aliphatic hydroxyl groups excluding tert-OH is 1. The number of aromatic nitrogens is 2. The highest BCUT2D eigenvalue weighted by Crippen LogP contribution is 2.25. The molecule has 0 spiro atoms. The van der Waals surface area contributed by atoms with E-state index in [0.29, 0.717) is 18.0 Å². The zero-order valence-electron chi connectivity index (χ0n) is 10.9. The van der Waals surface area contributed by atoms with Crippen molar-refractivity contribution in [2.24, 2.45) is 5.92 Å². The fourth-order valence-corrected chi connectivity index (χ4v) is 3.76. The summed E-state index contributed by atoms with van der Waals surface area (Å²) in [6.07, 6.45) is 8.42. The molecular weight excluding hydrogens is 266 g/mol. The minimum absolute atomic E-state index is 0.0290. The quantitative estimate of drug-likeness (QED) is 0.731. The molecule has 3 N–H and O–H groups in total. The molecule has 0 atom stereocenters. The number of aliphatic hydroxyl groups is 1. The van der Waals surface area contributed by atoms with Gasteiger partial charge in [-0.2, -0.15) is 5.10 Å². The van der Waals surface area contributed by atoms with E-state index in [9.17, 15) is 8.42 Å². The molecule has 0 amide bonds. The monoisotopic (exact) mass is 287 g/mol. The van der Waals surface area contributed by atoms with E-state index >= 15 is 0 Å². The van der Waals surface area contributed by atoms with Crippen LogP contribution in [0.25, 0.3) is 0 Å². The zero-order chi connectivity index (χ0) is 13.7. The van der Waals surface area contributed by atoms with E-state index < -0.39 is 10.0 Å². The van der Waals surface area contributed by atoms with Crippen molar-refractivity contribution in [2.75, 3.05) is 6.54 Å². The van der Waals surface area contributed by atoms with E-state index in [1.165, 1.54) is 38.3 Å². The fourth-order valence-electron chi connectivity index (χ4n) is 2.59. The van der Waals surface area contributed by atoms with Crippen molar-refractivity contribution in [3.8, 4) is 0 Å². The molecule has 2 rings (SSSR count). The Morgan fingerprint density at radius 1 is 1.37 bits per heavy atom. The Morgan fingerprint density at radius 2 is 2.11 bits per heavy atom. The summed E-state index contributed by atoms with van der Waals surface area (Å²) in [5.74, 6) is 0.635. The summed E-state index contributed by atoms with van der Waals surface area (Å²) < 4.78 is 26.6. The normalized spacial score (nSPS) is 17.7. The Morgan fingerprint density at radius 3 is 2.79 bits per heavy atom. The van der Waals surface area contributed by atoms with Gasteiger partial charge in [-0.25, -0.2) is 13.1 Å². The number of rotatable bonds is 6. The molecule has 1 saturated carbocycles. The van der Waals surface area contributed by atoms with E-state index in [0.717, 1.165) is 6.42 Å². The van der Waals surface area contributed by atoms with Gasteiger partial charge in [0, 0.05) is 12.1 Å². The molecule has 1 aliphatic rings. The van der Waals surface area contributed by atoms with Gasteiger partial charge < -0.3 is 5.11 Å². The zero-order valence-corrected chi connectivity index (χ0v) is 11.7. The maximum atomic E-state index is 12.0. The van der Waals surface area contributed by atoms with Gasteiger partial charge in [-0.1, -0.05) is 32.1 Å². The number of H-pyrrole nitrogens is 1. The van der Waals surface area contributed by atoms with Crippen LogP contribution in [0.5, 0.6) is 0 Å². The number of nitrogens with one attached hydrogen (secondary N) is 2. The Labute approximate surface area is 113 Å². The van der Waals surface area contributed by atoms with Gasteiger partial charge in [0.25, 0.3) is 10.0 Å². The maximum Gasteiger partial charge on any atom is 0.257 e. The first-order valence-electron chi connectivity index (χ1n) is 6.76. The molecule has 108 valence electrons. The van der Waals surface area contributed by atoms with E-state index in [1.807, 2.05) is 0 Å². The fraction of sp³-hybridized carbons (Fsp3) is 0.750. The van der Waals surface area contributed by atoms with Gasteiger partial charge in [-0.05, 0) is 12.3 Å². The third kappa shape index (κ3) is 3.77. The third-order valence-electron chi connectivity index (χ3n) is 3.69. The lowest BCUT2D eigenvalue weighted by Gasteiger charge is -2.21. The molecular formula is C12H21N3O3S. The van der Waals surface area contributed by atoms with Gasteiger partial charge in [0.1, 0.15) is 0 Å². The molecule has 19 heavy (non-hydrogen) atoms. The van der Waals surface area contributed by atoms with Crippen LogP contribution in [0.3, 0.4) is 0 Å². The van der Waals surface area contributed by atoms with E-state index in [-0.39, 0.29) is 11.6 Å². The van der Waals surface area contributed by atoms with Gasteiger partial charge >= 0.3 is 0 Å². The first-order chi connectivity index (χ1) is 9.13. The molecule has 0 aromatic carbocycles. The molecule has 7 heteroatoms. The van der Waals surface area contributed by atoms with Crippen LogP contribution < -0.4 is 4.72 Å². The van der Waals surface area contributed by atoms with Crippen molar-refractivity contribution >= 4 is 10.0 Å². The highest BCUT2D eigenvalue weighted by atomic mass is 32.2. The highest BCUT2D eigenvalue weighted by Gasteiger charge is 2.21. The van der Waals surface area contributed by atoms with Crippen LogP contribution in [0.2, 0.25) is 0 Å². The van der Waals surface area contributed by atoms with Crippen molar-refractivity contribution in [1.82, 2.24) is 14.9 Å². The van der Waals surface area contributed by atoms with Crippen LogP contribution in [0.15, 0.2) is 11.2 Å². The van der Waals surface area contributed by atoms with Crippen molar-refractivity contribution in [3.63, 3.8) is 0 Å². The SMILES string of the molecule is O=S(=O)(NCCC1CCCCC1)c1[nH]ncc1CO. The molecule has 1 heterocycles. The van der Waals surface area contributed by atoms with Gasteiger partial charge in [0.2, 0.25) is 0 Å². The summed E-state index contributed by atoms with van der Waals surface area (Å²) in [7, 11) is -3.59. The van der Waals surface area contributed by atoms with Crippen LogP contribution in [0.4, 0.5) is 0 Å². The van der Waals surface area contributed by atoms with Gasteiger partial charge in [-0.3, -0.25) is 5.10 Å². The maximum absolute atomic E-state index is 12.0. The predicted octanol–water partition coefficient (Wildman–Crippen LogP) is 1.15. The molecule has 1 aliphatic carbocycles. The first-order valence-corrected chi connectivity index (χ1v) is 8.24. The largest absolute Gasteiger partial charge is 0.392 e. The summed E-state index contributed by atoms with van der Waals surface area (Å²) in [4.78, 5) is 0. The summed E-state index contributed by atoms with van der Waals surface area (Å²) in [6, 6.07) is 0. The van der Waals surface area contributed by atoms with Gasteiger partial charge in [0.05, 0.1) is 12.8 Å².